The van der Waals surface area contributed by atoms with Crippen molar-refractivity contribution in [3.8, 4) is 17.2 Å². The first-order valence-electron chi connectivity index (χ1n) is 17.4. The number of methoxy groups -OCH3 is 3. The number of amides is 1. The summed E-state index contributed by atoms with van der Waals surface area (Å²) < 4.78 is 24.8. The highest BCUT2D eigenvalue weighted by Gasteiger charge is 2.42. The van der Waals surface area contributed by atoms with Gasteiger partial charge in [-0.05, 0) is 87.3 Å². The minimum absolute atomic E-state index is 0.0481. The number of hydrogen-bond acceptors (Lipinski definition) is 9. The zero-order valence-electron chi connectivity index (χ0n) is 29.4. The van der Waals surface area contributed by atoms with Gasteiger partial charge in [0.2, 0.25) is 11.7 Å². The second-order valence-electron chi connectivity index (χ2n) is 13.3. The zero-order valence-corrected chi connectivity index (χ0v) is 29.4. The SMILES string of the molecule is COc1cc(C(=O)N2CCC(CCN3CCCN(c4nc5ccccc5n4Cc4ccc(C)o4)CC3)(c3cccnc3)C2)cc(OC)c1OC. The van der Waals surface area contributed by atoms with E-state index in [9.17, 15) is 4.79 Å². The van der Waals surface area contributed by atoms with Crippen molar-refractivity contribution in [2.75, 3.05) is 72.0 Å². The van der Waals surface area contributed by atoms with E-state index in [-0.39, 0.29) is 11.3 Å². The van der Waals surface area contributed by atoms with Crippen LogP contribution in [0.5, 0.6) is 17.2 Å². The monoisotopic (exact) mass is 678 g/mol. The molecule has 0 bridgehead atoms. The fourth-order valence-electron chi connectivity index (χ4n) is 7.65. The number of fused-ring (bicyclic) bond motifs is 1. The summed E-state index contributed by atoms with van der Waals surface area (Å²) in [6, 6.07) is 20.1. The minimum atomic E-state index is -0.203. The number of para-hydroxylation sites is 2. The second kappa shape index (κ2) is 14.4. The van der Waals surface area contributed by atoms with Crippen LogP contribution in [0, 0.1) is 6.92 Å². The Morgan fingerprint density at radius 3 is 2.46 bits per heavy atom. The Hall–Kier alpha value is -5.03. The van der Waals surface area contributed by atoms with Gasteiger partial charge in [-0.2, -0.15) is 0 Å². The first-order valence-corrected chi connectivity index (χ1v) is 17.4. The zero-order chi connectivity index (χ0) is 34.7. The molecule has 5 heterocycles. The molecule has 0 saturated carbocycles. The molecule has 1 atom stereocenters. The summed E-state index contributed by atoms with van der Waals surface area (Å²) in [5.74, 6) is 4.19. The molecule has 2 aliphatic rings. The Bertz CT molecular complexity index is 1910. The van der Waals surface area contributed by atoms with E-state index in [1.807, 2.05) is 42.4 Å². The van der Waals surface area contributed by atoms with Crippen LogP contribution in [0.4, 0.5) is 5.95 Å². The summed E-state index contributed by atoms with van der Waals surface area (Å²) in [5, 5.41) is 0. The van der Waals surface area contributed by atoms with E-state index >= 15 is 0 Å². The Kier molecular flexibility index (Phi) is 9.67. The number of anilines is 1. The molecule has 2 aliphatic heterocycles. The van der Waals surface area contributed by atoms with E-state index in [1.165, 1.54) is 5.56 Å². The number of carbonyl (C=O) groups excluding carboxylic acids is 1. The number of rotatable bonds is 11. The third-order valence-corrected chi connectivity index (χ3v) is 10.3. The van der Waals surface area contributed by atoms with Crippen LogP contribution in [0.3, 0.4) is 0 Å². The van der Waals surface area contributed by atoms with Crippen molar-refractivity contribution in [2.24, 2.45) is 0 Å². The van der Waals surface area contributed by atoms with Crippen molar-refractivity contribution in [3.05, 3.63) is 95.7 Å². The maximum Gasteiger partial charge on any atom is 0.254 e. The number of pyridine rings is 1. The van der Waals surface area contributed by atoms with Crippen LogP contribution in [0.15, 0.2) is 77.5 Å². The summed E-state index contributed by atoms with van der Waals surface area (Å²) >= 11 is 0. The van der Waals surface area contributed by atoms with Crippen molar-refractivity contribution in [3.63, 3.8) is 0 Å². The molecule has 11 nitrogen and oxygen atoms in total. The molecule has 11 heteroatoms. The fourth-order valence-corrected chi connectivity index (χ4v) is 7.65. The lowest BCUT2D eigenvalue weighted by Crippen LogP contribution is -2.39. The average molecular weight is 679 g/mol. The van der Waals surface area contributed by atoms with Gasteiger partial charge in [-0.25, -0.2) is 4.98 Å². The number of likely N-dealkylation sites (tertiary alicyclic amines) is 1. The Morgan fingerprint density at radius 2 is 1.74 bits per heavy atom. The van der Waals surface area contributed by atoms with Gasteiger partial charge in [-0.1, -0.05) is 18.2 Å². The number of carbonyl (C=O) groups is 1. The summed E-state index contributed by atoms with van der Waals surface area (Å²) in [6.45, 7) is 8.57. The van der Waals surface area contributed by atoms with Crippen LogP contribution in [0.1, 0.15) is 46.7 Å². The predicted molar refractivity (Wildman–Crippen MR) is 193 cm³/mol. The highest BCUT2D eigenvalue weighted by Crippen LogP contribution is 2.41. The smallest absolute Gasteiger partial charge is 0.254 e. The number of ether oxygens (including phenoxy) is 3. The van der Waals surface area contributed by atoms with Crippen LogP contribution in [-0.2, 0) is 12.0 Å². The molecule has 1 unspecified atom stereocenters. The topological polar surface area (TPSA) is 98.3 Å². The molecule has 2 saturated heterocycles. The van der Waals surface area contributed by atoms with E-state index in [0.29, 0.717) is 42.4 Å². The van der Waals surface area contributed by atoms with Gasteiger partial charge in [0, 0.05) is 56.1 Å². The van der Waals surface area contributed by atoms with Crippen molar-refractivity contribution >= 4 is 22.9 Å². The molecule has 2 fully saturated rings. The van der Waals surface area contributed by atoms with Gasteiger partial charge >= 0.3 is 0 Å². The molecule has 50 heavy (non-hydrogen) atoms. The molecule has 2 aromatic carbocycles. The van der Waals surface area contributed by atoms with Gasteiger partial charge in [-0.3, -0.25) is 9.78 Å². The Morgan fingerprint density at radius 1 is 0.920 bits per heavy atom. The van der Waals surface area contributed by atoms with Crippen molar-refractivity contribution < 1.29 is 23.4 Å². The second-order valence-corrected chi connectivity index (χ2v) is 13.3. The van der Waals surface area contributed by atoms with Crippen LogP contribution >= 0.6 is 0 Å². The Balaban J connectivity index is 1.07. The standard InChI is InChI=1S/C39H46N6O5/c1-28-12-13-31(50-28)26-45-33-11-6-5-10-32(33)41-38(45)43-18-8-17-42(21-22-43)19-14-39(30-9-7-16-40-25-30)15-20-44(27-39)37(46)29-23-34(47-2)36(49-4)35(24-29)48-3/h5-7,9-13,16,23-25H,8,14-15,17-22,26-27H2,1-4H3. The number of benzene rings is 2. The molecule has 262 valence electrons. The van der Waals surface area contributed by atoms with Gasteiger partial charge in [-0.15, -0.1) is 0 Å². The quantitative estimate of drug-likeness (QED) is 0.172. The molecule has 0 radical (unpaired) electrons. The lowest BCUT2D eigenvalue weighted by atomic mass is 9.77. The summed E-state index contributed by atoms with van der Waals surface area (Å²) in [5.41, 5.74) is 3.60. The van der Waals surface area contributed by atoms with Gasteiger partial charge in [0.1, 0.15) is 11.5 Å². The first-order chi connectivity index (χ1) is 24.4. The molecule has 0 spiro atoms. The summed E-state index contributed by atoms with van der Waals surface area (Å²) in [6.07, 6.45) is 6.62. The molecule has 0 aliphatic carbocycles. The first kappa shape index (κ1) is 33.5. The van der Waals surface area contributed by atoms with Gasteiger partial charge in [0.25, 0.3) is 5.91 Å². The van der Waals surface area contributed by atoms with Crippen molar-refractivity contribution in [2.45, 2.75) is 38.1 Å². The maximum atomic E-state index is 14.0. The number of furan rings is 1. The Labute approximate surface area is 293 Å². The molecular weight excluding hydrogens is 632 g/mol. The fraction of sp³-hybridized carbons (Fsp3) is 0.410. The van der Waals surface area contributed by atoms with Crippen LogP contribution in [0.25, 0.3) is 11.0 Å². The minimum Gasteiger partial charge on any atom is -0.493 e. The predicted octanol–water partition coefficient (Wildman–Crippen LogP) is 5.79. The highest BCUT2D eigenvalue weighted by atomic mass is 16.5. The van der Waals surface area contributed by atoms with Crippen molar-refractivity contribution in [1.82, 2.24) is 24.3 Å². The van der Waals surface area contributed by atoms with E-state index in [0.717, 1.165) is 80.5 Å². The number of aryl methyl sites for hydroxylation is 1. The van der Waals surface area contributed by atoms with Gasteiger partial charge < -0.3 is 37.9 Å². The van der Waals surface area contributed by atoms with Crippen LogP contribution in [-0.4, -0.2) is 97.4 Å². The van der Waals surface area contributed by atoms with Gasteiger partial charge in [0.15, 0.2) is 11.5 Å². The largest absolute Gasteiger partial charge is 0.493 e. The van der Waals surface area contributed by atoms with Gasteiger partial charge in [0.05, 0.1) is 38.9 Å². The third-order valence-electron chi connectivity index (χ3n) is 10.3. The number of aromatic nitrogens is 3. The molecule has 3 aromatic heterocycles. The molecule has 5 aromatic rings. The van der Waals surface area contributed by atoms with Crippen molar-refractivity contribution in [1.29, 1.82) is 0 Å². The van der Waals surface area contributed by atoms with E-state index < -0.39 is 0 Å². The van der Waals surface area contributed by atoms with E-state index in [4.69, 9.17) is 23.6 Å². The highest BCUT2D eigenvalue weighted by molar-refractivity contribution is 5.96. The van der Waals surface area contributed by atoms with E-state index in [1.54, 1.807) is 33.5 Å². The maximum absolute atomic E-state index is 14.0. The normalized spacial score (nSPS) is 18.4. The van der Waals surface area contributed by atoms with Crippen LogP contribution < -0.4 is 19.1 Å². The molecule has 1 amide bonds. The third kappa shape index (κ3) is 6.61. The summed E-state index contributed by atoms with van der Waals surface area (Å²) in [4.78, 5) is 30.5. The van der Waals surface area contributed by atoms with E-state index in [2.05, 4.69) is 49.7 Å². The molecule has 7 rings (SSSR count). The number of imidazole rings is 1. The number of hydrogen-bond donors (Lipinski definition) is 0. The number of nitrogens with zero attached hydrogens (tertiary/aromatic N) is 6. The summed E-state index contributed by atoms with van der Waals surface area (Å²) in [7, 11) is 4.69. The molecular formula is C39H46N6O5. The average Bonchev–Trinajstić information content (AvgIpc) is 3.83. The lowest BCUT2D eigenvalue weighted by molar-refractivity contribution is 0.0780. The molecule has 0 N–H and O–H groups in total. The van der Waals surface area contributed by atoms with Crippen LogP contribution in [0.2, 0.25) is 0 Å². The lowest BCUT2D eigenvalue weighted by Gasteiger charge is -2.32.